The maximum atomic E-state index is 2.32. The predicted octanol–water partition coefficient (Wildman–Crippen LogP) is 2.03. The third-order valence-electron chi connectivity index (χ3n) is 3.21. The lowest BCUT2D eigenvalue weighted by atomic mass is 10.3. The van der Waals surface area contributed by atoms with Crippen LogP contribution in [-0.2, 0) is 0 Å². The van der Waals surface area contributed by atoms with Gasteiger partial charge in [-0.15, -0.1) is 0 Å². The van der Waals surface area contributed by atoms with Crippen molar-refractivity contribution >= 4 is 0 Å². The van der Waals surface area contributed by atoms with Crippen LogP contribution in [-0.4, -0.2) is 30.2 Å². The Bertz CT molecular complexity index is 93.0. The van der Waals surface area contributed by atoms with Gasteiger partial charge in [-0.05, 0) is 20.8 Å². The van der Waals surface area contributed by atoms with Crippen LogP contribution in [0.5, 0.6) is 0 Å². The highest BCUT2D eigenvalue weighted by atomic mass is 15.4. The second kappa shape index (κ2) is 2.91. The molecule has 1 rings (SSSR count). The van der Waals surface area contributed by atoms with E-state index >= 15 is 0 Å². The first kappa shape index (κ1) is 8.06. The summed E-state index contributed by atoms with van der Waals surface area (Å²) in [5.41, 5.74) is 0. The largest absolute Gasteiger partial charge is 0.322 e. The molecule has 0 unspecified atom stereocenters. The van der Waals surface area contributed by atoms with Crippen LogP contribution >= 0.6 is 0 Å². The van der Waals surface area contributed by atoms with Crippen LogP contribution in [0.3, 0.4) is 0 Å². The maximum absolute atomic E-state index is 2.32. The van der Waals surface area contributed by atoms with Crippen molar-refractivity contribution < 1.29 is 4.48 Å². The first-order chi connectivity index (χ1) is 4.79. The second-order valence-corrected chi connectivity index (χ2v) is 3.40. The summed E-state index contributed by atoms with van der Waals surface area (Å²) in [6.07, 6.45) is 2.96. The average molecular weight is 142 g/mol. The molecule has 1 aliphatic rings. The van der Waals surface area contributed by atoms with Gasteiger partial charge in [0.1, 0.15) is 0 Å². The molecule has 0 atom stereocenters. The zero-order valence-electron chi connectivity index (χ0n) is 7.56. The molecular weight excluding hydrogens is 122 g/mol. The number of hydrogen-bond acceptors (Lipinski definition) is 0. The Hall–Kier alpha value is -0.0400. The zero-order valence-corrected chi connectivity index (χ0v) is 7.56. The van der Waals surface area contributed by atoms with Crippen molar-refractivity contribution in [2.24, 2.45) is 0 Å². The van der Waals surface area contributed by atoms with Gasteiger partial charge < -0.3 is 4.48 Å². The van der Waals surface area contributed by atoms with Gasteiger partial charge in [-0.25, -0.2) is 0 Å². The molecule has 0 aromatic carbocycles. The number of rotatable bonds is 4. The third-order valence-corrected chi connectivity index (χ3v) is 3.21. The Balaban J connectivity index is 2.52. The van der Waals surface area contributed by atoms with Crippen molar-refractivity contribution in [1.29, 1.82) is 0 Å². The van der Waals surface area contributed by atoms with E-state index in [1.165, 1.54) is 37.0 Å². The van der Waals surface area contributed by atoms with E-state index in [4.69, 9.17) is 0 Å². The third kappa shape index (κ3) is 1.20. The summed E-state index contributed by atoms with van der Waals surface area (Å²) in [5.74, 6) is 0. The highest BCUT2D eigenvalue weighted by molar-refractivity contribution is 4.74. The Morgan fingerprint density at radius 3 is 1.50 bits per heavy atom. The van der Waals surface area contributed by atoms with E-state index in [2.05, 4.69) is 20.8 Å². The van der Waals surface area contributed by atoms with Crippen molar-refractivity contribution in [3.8, 4) is 0 Å². The molecule has 1 saturated carbocycles. The molecule has 0 aromatic heterocycles. The van der Waals surface area contributed by atoms with Gasteiger partial charge in [-0.3, -0.25) is 0 Å². The normalized spacial score (nSPS) is 19.5. The molecule has 1 heteroatoms. The van der Waals surface area contributed by atoms with E-state index in [1.807, 2.05) is 0 Å². The summed E-state index contributed by atoms with van der Waals surface area (Å²) in [4.78, 5) is 0. The monoisotopic (exact) mass is 142 g/mol. The minimum atomic E-state index is 1.03. The average Bonchev–Trinajstić information content (AvgIpc) is 2.77. The van der Waals surface area contributed by atoms with E-state index in [0.717, 1.165) is 6.04 Å². The standard InChI is InChI=1S/C9H20N/c1-4-10(5-2,6-3)9-7-8-9/h9H,4-8H2,1-3H3/q+1. The molecule has 0 heterocycles. The number of quaternary nitrogens is 1. The quantitative estimate of drug-likeness (QED) is 0.527. The fourth-order valence-electron chi connectivity index (χ4n) is 2.07. The number of nitrogens with zero attached hydrogens (tertiary/aromatic N) is 1. The fraction of sp³-hybridized carbons (Fsp3) is 1.00. The van der Waals surface area contributed by atoms with Crippen LogP contribution in [0.25, 0.3) is 0 Å². The zero-order chi connectivity index (χ0) is 7.61. The van der Waals surface area contributed by atoms with E-state index < -0.39 is 0 Å². The van der Waals surface area contributed by atoms with Crippen molar-refractivity contribution in [3.05, 3.63) is 0 Å². The second-order valence-electron chi connectivity index (χ2n) is 3.40. The van der Waals surface area contributed by atoms with E-state index in [9.17, 15) is 0 Å². The van der Waals surface area contributed by atoms with Crippen LogP contribution in [0.4, 0.5) is 0 Å². The van der Waals surface area contributed by atoms with E-state index in [0.29, 0.717) is 0 Å². The Morgan fingerprint density at radius 1 is 1.00 bits per heavy atom. The van der Waals surface area contributed by atoms with E-state index in [1.54, 1.807) is 0 Å². The van der Waals surface area contributed by atoms with E-state index in [-0.39, 0.29) is 0 Å². The lowest BCUT2D eigenvalue weighted by Gasteiger charge is -2.36. The molecule has 0 aliphatic heterocycles. The van der Waals surface area contributed by atoms with Crippen LogP contribution < -0.4 is 0 Å². The highest BCUT2D eigenvalue weighted by Crippen LogP contribution is 2.33. The van der Waals surface area contributed by atoms with Gasteiger partial charge in [0, 0.05) is 12.8 Å². The van der Waals surface area contributed by atoms with Crippen LogP contribution in [0.2, 0.25) is 0 Å². The number of hydrogen-bond donors (Lipinski definition) is 0. The molecule has 0 N–H and O–H groups in total. The molecule has 1 nitrogen and oxygen atoms in total. The van der Waals surface area contributed by atoms with Gasteiger partial charge in [0.25, 0.3) is 0 Å². The van der Waals surface area contributed by atoms with Gasteiger partial charge in [0.05, 0.1) is 25.7 Å². The molecule has 0 radical (unpaired) electrons. The minimum absolute atomic E-state index is 1.03. The molecule has 60 valence electrons. The molecule has 1 aliphatic carbocycles. The van der Waals surface area contributed by atoms with Gasteiger partial charge in [0.15, 0.2) is 0 Å². The molecular formula is C9H20N+. The van der Waals surface area contributed by atoms with Gasteiger partial charge in [-0.2, -0.15) is 0 Å². The molecule has 0 bridgehead atoms. The van der Waals surface area contributed by atoms with Crippen LogP contribution in [0.15, 0.2) is 0 Å². The lowest BCUT2D eigenvalue weighted by Crippen LogP contribution is -2.49. The Morgan fingerprint density at radius 2 is 1.40 bits per heavy atom. The highest BCUT2D eigenvalue weighted by Gasteiger charge is 2.40. The van der Waals surface area contributed by atoms with Crippen molar-refractivity contribution in [3.63, 3.8) is 0 Å². The fourth-order valence-corrected chi connectivity index (χ4v) is 2.07. The molecule has 1 fully saturated rings. The molecule has 0 aromatic rings. The topological polar surface area (TPSA) is 0 Å². The van der Waals surface area contributed by atoms with Crippen molar-refractivity contribution in [2.45, 2.75) is 39.7 Å². The summed E-state index contributed by atoms with van der Waals surface area (Å²) >= 11 is 0. The van der Waals surface area contributed by atoms with Gasteiger partial charge in [-0.1, -0.05) is 0 Å². The predicted molar refractivity (Wildman–Crippen MR) is 44.9 cm³/mol. The summed E-state index contributed by atoms with van der Waals surface area (Å²) in [6, 6.07) is 1.03. The minimum Gasteiger partial charge on any atom is -0.322 e. The summed E-state index contributed by atoms with van der Waals surface area (Å²) in [6.45, 7) is 11.0. The maximum Gasteiger partial charge on any atom is 0.0894 e. The van der Waals surface area contributed by atoms with Crippen molar-refractivity contribution in [1.82, 2.24) is 0 Å². The van der Waals surface area contributed by atoms with Gasteiger partial charge >= 0.3 is 0 Å². The SMILES string of the molecule is CC[N+](CC)(CC)C1CC1. The summed E-state index contributed by atoms with van der Waals surface area (Å²) in [5, 5.41) is 0. The van der Waals surface area contributed by atoms with Gasteiger partial charge in [0.2, 0.25) is 0 Å². The Kier molecular flexibility index (Phi) is 2.35. The molecule has 0 saturated heterocycles. The first-order valence-corrected chi connectivity index (χ1v) is 4.64. The molecule has 0 spiro atoms. The molecule has 0 amide bonds. The summed E-state index contributed by atoms with van der Waals surface area (Å²) < 4.78 is 1.38. The van der Waals surface area contributed by atoms with Crippen LogP contribution in [0.1, 0.15) is 33.6 Å². The first-order valence-electron chi connectivity index (χ1n) is 4.64. The molecule has 10 heavy (non-hydrogen) atoms. The van der Waals surface area contributed by atoms with Crippen molar-refractivity contribution in [2.75, 3.05) is 19.6 Å². The summed E-state index contributed by atoms with van der Waals surface area (Å²) in [7, 11) is 0. The smallest absolute Gasteiger partial charge is 0.0894 e. The lowest BCUT2D eigenvalue weighted by molar-refractivity contribution is -0.933. The van der Waals surface area contributed by atoms with Crippen LogP contribution in [0, 0.1) is 0 Å². The Labute approximate surface area is 64.6 Å².